The van der Waals surface area contributed by atoms with Crippen LogP contribution in [-0.4, -0.2) is 38.8 Å². The quantitative estimate of drug-likeness (QED) is 0.918. The molecule has 1 saturated heterocycles. The molecule has 0 amide bonds. The Morgan fingerprint density at radius 3 is 2.50 bits per heavy atom. The summed E-state index contributed by atoms with van der Waals surface area (Å²) >= 11 is 0. The van der Waals surface area contributed by atoms with E-state index in [-0.39, 0.29) is 12.0 Å². The first-order valence-electron chi connectivity index (χ1n) is 7.25. The third-order valence-electron chi connectivity index (χ3n) is 4.91. The van der Waals surface area contributed by atoms with Crippen molar-refractivity contribution in [2.75, 3.05) is 13.1 Å². The third-order valence-corrected chi connectivity index (χ3v) is 4.91. The Bertz CT molecular complexity index is 509. The van der Waals surface area contributed by atoms with Gasteiger partial charge in [-0.15, -0.1) is 0 Å². The summed E-state index contributed by atoms with van der Waals surface area (Å²) in [6.07, 6.45) is 2.76. The Balaban J connectivity index is 2.20. The maximum absolute atomic E-state index is 11.7. The van der Waals surface area contributed by atoms with Crippen LogP contribution < -0.4 is 0 Å². The number of aromatic nitrogens is 2. The first-order valence-corrected chi connectivity index (χ1v) is 7.25. The van der Waals surface area contributed by atoms with Crippen molar-refractivity contribution in [1.82, 2.24) is 14.7 Å². The van der Waals surface area contributed by atoms with Crippen molar-refractivity contribution in [2.24, 2.45) is 18.4 Å². The van der Waals surface area contributed by atoms with Crippen LogP contribution in [-0.2, 0) is 11.8 Å². The summed E-state index contributed by atoms with van der Waals surface area (Å²) in [6, 6.07) is 0.212. The number of carboxylic acid groups (broad SMARTS) is 1. The number of aryl methyl sites for hydroxylation is 2. The molecule has 0 aliphatic carbocycles. The fourth-order valence-corrected chi connectivity index (χ4v) is 3.31. The third kappa shape index (κ3) is 2.35. The second kappa shape index (κ2) is 5.20. The fraction of sp³-hybridized carbons (Fsp3) is 0.733. The number of carbonyl (C=O) groups is 1. The van der Waals surface area contributed by atoms with E-state index in [1.165, 1.54) is 5.56 Å². The molecule has 1 N–H and O–H groups in total. The first-order chi connectivity index (χ1) is 9.28. The summed E-state index contributed by atoms with van der Waals surface area (Å²) < 4.78 is 1.82. The largest absolute Gasteiger partial charge is 0.481 e. The predicted octanol–water partition coefficient (Wildman–Crippen LogP) is 2.22. The van der Waals surface area contributed by atoms with Gasteiger partial charge in [-0.05, 0) is 32.7 Å². The molecule has 20 heavy (non-hydrogen) atoms. The van der Waals surface area contributed by atoms with Gasteiger partial charge in [-0.1, -0.05) is 13.8 Å². The zero-order valence-corrected chi connectivity index (χ0v) is 13.1. The Labute approximate surface area is 120 Å². The average Bonchev–Trinajstić information content (AvgIpc) is 2.93. The summed E-state index contributed by atoms with van der Waals surface area (Å²) in [5.74, 6) is -0.516. The molecule has 0 aromatic carbocycles. The highest BCUT2D eigenvalue weighted by Gasteiger charge is 2.48. The van der Waals surface area contributed by atoms with E-state index >= 15 is 0 Å². The molecule has 1 fully saturated rings. The van der Waals surface area contributed by atoms with E-state index in [9.17, 15) is 9.90 Å². The molecule has 5 nitrogen and oxygen atoms in total. The van der Waals surface area contributed by atoms with E-state index < -0.39 is 11.4 Å². The van der Waals surface area contributed by atoms with Crippen LogP contribution in [0.1, 0.15) is 44.5 Å². The van der Waals surface area contributed by atoms with E-state index in [1.807, 2.05) is 38.7 Å². The number of hydrogen-bond donors (Lipinski definition) is 1. The van der Waals surface area contributed by atoms with Gasteiger partial charge >= 0.3 is 5.97 Å². The lowest BCUT2D eigenvalue weighted by Crippen LogP contribution is -2.39. The maximum Gasteiger partial charge on any atom is 0.311 e. The SMILES string of the molecule is Cc1nn(C)cc1C(C)N1CCC(C(=O)O)(C(C)C)C1. The zero-order chi connectivity index (χ0) is 15.1. The van der Waals surface area contributed by atoms with Crippen LogP contribution in [0.25, 0.3) is 0 Å². The summed E-state index contributed by atoms with van der Waals surface area (Å²) in [5, 5.41) is 14.0. The number of nitrogens with zero attached hydrogens (tertiary/aromatic N) is 3. The number of rotatable bonds is 4. The zero-order valence-electron chi connectivity index (χ0n) is 13.1. The normalized spacial score (nSPS) is 25.3. The fourth-order valence-electron chi connectivity index (χ4n) is 3.31. The lowest BCUT2D eigenvalue weighted by atomic mass is 9.76. The van der Waals surface area contributed by atoms with Crippen LogP contribution in [0.15, 0.2) is 6.20 Å². The predicted molar refractivity (Wildman–Crippen MR) is 77.5 cm³/mol. The standard InChI is InChI=1S/C15H25N3O2/c1-10(2)15(14(19)20)6-7-18(9-15)12(4)13-8-17(5)16-11(13)3/h8,10,12H,6-7,9H2,1-5H3,(H,19,20). The number of likely N-dealkylation sites (tertiary alicyclic amines) is 1. The van der Waals surface area contributed by atoms with E-state index in [0.717, 1.165) is 18.7 Å². The van der Waals surface area contributed by atoms with Gasteiger partial charge in [0.2, 0.25) is 0 Å². The molecule has 1 aliphatic rings. The van der Waals surface area contributed by atoms with Crippen molar-refractivity contribution in [3.63, 3.8) is 0 Å². The van der Waals surface area contributed by atoms with E-state index in [1.54, 1.807) is 0 Å². The monoisotopic (exact) mass is 279 g/mol. The van der Waals surface area contributed by atoms with Crippen molar-refractivity contribution in [2.45, 2.75) is 40.2 Å². The van der Waals surface area contributed by atoms with Crippen molar-refractivity contribution in [1.29, 1.82) is 0 Å². The molecular weight excluding hydrogens is 254 g/mol. The topological polar surface area (TPSA) is 58.4 Å². The minimum Gasteiger partial charge on any atom is -0.481 e. The molecule has 0 radical (unpaired) electrons. The number of carboxylic acids is 1. The second-order valence-electron chi connectivity index (χ2n) is 6.36. The Hall–Kier alpha value is -1.36. The highest BCUT2D eigenvalue weighted by atomic mass is 16.4. The first kappa shape index (κ1) is 15.0. The molecule has 1 aliphatic heterocycles. The maximum atomic E-state index is 11.7. The van der Waals surface area contributed by atoms with Gasteiger partial charge in [0, 0.05) is 31.4 Å². The molecule has 1 aromatic rings. The molecule has 2 heterocycles. The van der Waals surface area contributed by atoms with Gasteiger partial charge in [0.15, 0.2) is 0 Å². The van der Waals surface area contributed by atoms with Crippen molar-refractivity contribution >= 4 is 5.97 Å². The number of hydrogen-bond acceptors (Lipinski definition) is 3. The molecule has 0 spiro atoms. The molecule has 0 bridgehead atoms. The van der Waals surface area contributed by atoms with Crippen LogP contribution in [0.3, 0.4) is 0 Å². The molecule has 1 aromatic heterocycles. The smallest absolute Gasteiger partial charge is 0.311 e. The lowest BCUT2D eigenvalue weighted by Gasteiger charge is -2.30. The summed E-state index contributed by atoms with van der Waals surface area (Å²) in [6.45, 7) is 9.63. The summed E-state index contributed by atoms with van der Waals surface area (Å²) in [7, 11) is 1.92. The van der Waals surface area contributed by atoms with Gasteiger partial charge in [-0.2, -0.15) is 5.10 Å². The highest BCUT2D eigenvalue weighted by molar-refractivity contribution is 5.75. The highest BCUT2D eigenvalue weighted by Crippen LogP contribution is 2.41. The minimum atomic E-state index is -0.662. The van der Waals surface area contributed by atoms with Crippen LogP contribution in [0.4, 0.5) is 0 Å². The molecular formula is C15H25N3O2. The van der Waals surface area contributed by atoms with Crippen LogP contribution in [0.5, 0.6) is 0 Å². The van der Waals surface area contributed by atoms with E-state index in [4.69, 9.17) is 0 Å². The number of aliphatic carboxylic acids is 1. The molecule has 5 heteroatoms. The second-order valence-corrected chi connectivity index (χ2v) is 6.36. The van der Waals surface area contributed by atoms with E-state index in [2.05, 4.69) is 16.9 Å². The van der Waals surface area contributed by atoms with Gasteiger partial charge < -0.3 is 5.11 Å². The summed E-state index contributed by atoms with van der Waals surface area (Å²) in [5.41, 5.74) is 1.61. The Morgan fingerprint density at radius 2 is 2.10 bits per heavy atom. The minimum absolute atomic E-state index is 0.146. The Morgan fingerprint density at radius 1 is 1.45 bits per heavy atom. The van der Waals surface area contributed by atoms with Gasteiger partial charge in [-0.25, -0.2) is 0 Å². The van der Waals surface area contributed by atoms with Gasteiger partial charge in [0.05, 0.1) is 11.1 Å². The van der Waals surface area contributed by atoms with Gasteiger partial charge in [0.1, 0.15) is 0 Å². The lowest BCUT2D eigenvalue weighted by molar-refractivity contribution is -0.151. The van der Waals surface area contributed by atoms with Gasteiger partial charge in [-0.3, -0.25) is 14.4 Å². The van der Waals surface area contributed by atoms with Crippen molar-refractivity contribution < 1.29 is 9.90 Å². The molecule has 2 unspecified atom stereocenters. The molecule has 0 saturated carbocycles. The molecule has 112 valence electrons. The average molecular weight is 279 g/mol. The van der Waals surface area contributed by atoms with Crippen LogP contribution in [0.2, 0.25) is 0 Å². The van der Waals surface area contributed by atoms with Crippen molar-refractivity contribution in [3.05, 3.63) is 17.5 Å². The van der Waals surface area contributed by atoms with Crippen LogP contribution >= 0.6 is 0 Å². The van der Waals surface area contributed by atoms with Gasteiger partial charge in [0.25, 0.3) is 0 Å². The van der Waals surface area contributed by atoms with E-state index in [0.29, 0.717) is 6.54 Å². The van der Waals surface area contributed by atoms with Crippen molar-refractivity contribution in [3.8, 4) is 0 Å². The molecule has 2 rings (SSSR count). The van der Waals surface area contributed by atoms with Crippen LogP contribution in [0, 0.1) is 18.3 Å². The Kier molecular flexibility index (Phi) is 3.91. The summed E-state index contributed by atoms with van der Waals surface area (Å²) in [4.78, 5) is 14.0. The molecule has 2 atom stereocenters.